The summed E-state index contributed by atoms with van der Waals surface area (Å²) < 4.78 is 0. The molecule has 0 aliphatic heterocycles. The molecular weight excluding hydrogens is 246 g/mol. The van der Waals surface area contributed by atoms with Crippen molar-refractivity contribution < 1.29 is 5.11 Å². The molecule has 1 aromatic heterocycles. The lowest BCUT2D eigenvalue weighted by atomic mass is 10.0. The van der Waals surface area contributed by atoms with Gasteiger partial charge in [-0.15, -0.1) is 0 Å². The minimum Gasteiger partial charge on any atom is -0.388 e. The molecular formula is C13H23N3OS. The average molecular weight is 269 g/mol. The highest BCUT2D eigenvalue weighted by Gasteiger charge is 2.23. The Morgan fingerprint density at radius 2 is 2.11 bits per heavy atom. The highest BCUT2D eigenvalue weighted by atomic mass is 32.1. The summed E-state index contributed by atoms with van der Waals surface area (Å²) >= 11 is 1.66. The van der Waals surface area contributed by atoms with Crippen LogP contribution in [0.3, 0.4) is 0 Å². The molecule has 5 heteroatoms. The summed E-state index contributed by atoms with van der Waals surface area (Å²) in [5, 5.41) is 11.0. The lowest BCUT2D eigenvalue weighted by Gasteiger charge is -2.17. The van der Waals surface area contributed by atoms with E-state index < -0.39 is 0 Å². The Labute approximate surface area is 113 Å². The van der Waals surface area contributed by atoms with E-state index in [2.05, 4.69) is 35.9 Å². The molecule has 1 atom stereocenters. The van der Waals surface area contributed by atoms with Crippen LogP contribution in [0.5, 0.6) is 0 Å². The van der Waals surface area contributed by atoms with Crippen molar-refractivity contribution in [3.8, 4) is 0 Å². The van der Waals surface area contributed by atoms with E-state index in [1.165, 1.54) is 0 Å². The van der Waals surface area contributed by atoms with Gasteiger partial charge in [0.05, 0.1) is 16.7 Å². The number of thiazole rings is 1. The third-order valence-corrected chi connectivity index (χ3v) is 4.65. The highest BCUT2D eigenvalue weighted by Crippen LogP contribution is 2.37. The fraction of sp³-hybridized carbons (Fsp3) is 0.769. The van der Waals surface area contributed by atoms with Gasteiger partial charge in [0, 0.05) is 13.6 Å². The molecule has 1 heterocycles. The minimum atomic E-state index is -0.282. The number of nitrogens with zero attached hydrogens (tertiary/aromatic N) is 3. The molecule has 0 bridgehead atoms. The smallest absolute Gasteiger partial charge is 0.185 e. The molecule has 1 aliphatic rings. The van der Waals surface area contributed by atoms with Crippen LogP contribution in [-0.2, 0) is 6.42 Å². The number of aliphatic hydroxyl groups is 1. The van der Waals surface area contributed by atoms with Crippen LogP contribution in [0.25, 0.3) is 0 Å². The first-order valence-corrected chi connectivity index (χ1v) is 7.43. The van der Waals surface area contributed by atoms with Crippen LogP contribution in [0.15, 0.2) is 0 Å². The molecule has 0 saturated heterocycles. The number of fused-ring (bicyclic) bond motifs is 1. The van der Waals surface area contributed by atoms with E-state index >= 15 is 0 Å². The van der Waals surface area contributed by atoms with Crippen LogP contribution in [-0.4, -0.2) is 49.2 Å². The molecule has 1 N–H and O–H groups in total. The van der Waals surface area contributed by atoms with Gasteiger partial charge in [-0.05, 0) is 46.3 Å². The summed E-state index contributed by atoms with van der Waals surface area (Å²) in [6.07, 6.45) is 3.82. The van der Waals surface area contributed by atoms with Crippen LogP contribution in [0.4, 0.5) is 5.13 Å². The third kappa shape index (κ3) is 3.22. The SMILES string of the molecule is CN(C)CCCN(C)c1nc2c(s1)C(O)CCC2. The first-order chi connectivity index (χ1) is 8.58. The van der Waals surface area contributed by atoms with E-state index in [4.69, 9.17) is 0 Å². The maximum Gasteiger partial charge on any atom is 0.185 e. The number of rotatable bonds is 5. The van der Waals surface area contributed by atoms with Crippen molar-refractivity contribution in [1.29, 1.82) is 0 Å². The first kappa shape index (κ1) is 13.8. The standard InChI is InChI=1S/C13H23N3OS/c1-15(2)8-5-9-16(3)13-14-10-6-4-7-11(17)12(10)18-13/h11,17H,4-9H2,1-3H3. The molecule has 1 unspecified atom stereocenters. The van der Waals surface area contributed by atoms with Gasteiger partial charge in [-0.25, -0.2) is 4.98 Å². The Morgan fingerprint density at radius 1 is 1.33 bits per heavy atom. The molecule has 102 valence electrons. The summed E-state index contributed by atoms with van der Waals surface area (Å²) in [5.41, 5.74) is 1.12. The first-order valence-electron chi connectivity index (χ1n) is 6.61. The van der Waals surface area contributed by atoms with Crippen molar-refractivity contribution in [3.05, 3.63) is 10.6 Å². The normalized spacial score (nSPS) is 19.1. The Balaban J connectivity index is 1.96. The lowest BCUT2D eigenvalue weighted by Crippen LogP contribution is -2.23. The van der Waals surface area contributed by atoms with E-state index in [1.54, 1.807) is 11.3 Å². The topological polar surface area (TPSA) is 39.6 Å². The van der Waals surface area contributed by atoms with Gasteiger partial charge in [-0.1, -0.05) is 11.3 Å². The number of anilines is 1. The van der Waals surface area contributed by atoms with Crippen molar-refractivity contribution >= 4 is 16.5 Å². The van der Waals surface area contributed by atoms with Gasteiger partial charge in [0.2, 0.25) is 0 Å². The van der Waals surface area contributed by atoms with Crippen LogP contribution < -0.4 is 4.90 Å². The van der Waals surface area contributed by atoms with Gasteiger partial charge < -0.3 is 14.9 Å². The largest absolute Gasteiger partial charge is 0.388 e. The maximum atomic E-state index is 9.95. The molecule has 0 aromatic carbocycles. The van der Waals surface area contributed by atoms with Crippen molar-refractivity contribution in [2.24, 2.45) is 0 Å². The summed E-state index contributed by atoms with van der Waals surface area (Å²) in [4.78, 5) is 10.2. The number of aliphatic hydroxyl groups excluding tert-OH is 1. The van der Waals surface area contributed by atoms with Crippen LogP contribution in [0.1, 0.15) is 35.9 Å². The molecule has 0 saturated carbocycles. The second-order valence-electron chi connectivity index (χ2n) is 5.29. The van der Waals surface area contributed by atoms with Crippen LogP contribution in [0, 0.1) is 0 Å². The number of aromatic nitrogens is 1. The summed E-state index contributed by atoms with van der Waals surface area (Å²) in [5.74, 6) is 0. The van der Waals surface area contributed by atoms with Crippen molar-refractivity contribution in [1.82, 2.24) is 9.88 Å². The Kier molecular flexibility index (Phi) is 4.59. The van der Waals surface area contributed by atoms with Crippen LogP contribution >= 0.6 is 11.3 Å². The van der Waals surface area contributed by atoms with Gasteiger partial charge in [0.1, 0.15) is 0 Å². The van der Waals surface area contributed by atoms with E-state index in [0.29, 0.717) is 0 Å². The molecule has 18 heavy (non-hydrogen) atoms. The van der Waals surface area contributed by atoms with Gasteiger partial charge >= 0.3 is 0 Å². The molecule has 1 aliphatic carbocycles. The summed E-state index contributed by atoms with van der Waals surface area (Å²) in [6.45, 7) is 2.11. The number of aryl methyl sites for hydroxylation is 1. The third-order valence-electron chi connectivity index (χ3n) is 3.34. The molecule has 1 aromatic rings. The molecule has 0 radical (unpaired) electrons. The maximum absolute atomic E-state index is 9.95. The van der Waals surface area contributed by atoms with E-state index in [9.17, 15) is 5.11 Å². The van der Waals surface area contributed by atoms with Gasteiger partial charge in [-0.2, -0.15) is 0 Å². The molecule has 0 fully saturated rings. The summed E-state index contributed by atoms with van der Waals surface area (Å²) in [6, 6.07) is 0. The van der Waals surface area contributed by atoms with E-state index in [1.807, 2.05) is 0 Å². The van der Waals surface area contributed by atoms with Crippen molar-refractivity contribution in [3.63, 3.8) is 0 Å². The van der Waals surface area contributed by atoms with Gasteiger partial charge in [0.25, 0.3) is 0 Å². The van der Waals surface area contributed by atoms with Crippen LogP contribution in [0.2, 0.25) is 0 Å². The van der Waals surface area contributed by atoms with Gasteiger partial charge in [-0.3, -0.25) is 0 Å². The predicted molar refractivity (Wildman–Crippen MR) is 76.5 cm³/mol. The second kappa shape index (κ2) is 5.99. The monoisotopic (exact) mass is 269 g/mol. The number of hydrogen-bond donors (Lipinski definition) is 1. The van der Waals surface area contributed by atoms with Crippen molar-refractivity contribution in [2.75, 3.05) is 39.1 Å². The summed E-state index contributed by atoms with van der Waals surface area (Å²) in [7, 11) is 6.28. The molecule has 0 spiro atoms. The fourth-order valence-corrected chi connectivity index (χ4v) is 3.39. The van der Waals surface area contributed by atoms with Crippen molar-refractivity contribution in [2.45, 2.75) is 31.8 Å². The Bertz CT molecular complexity index is 392. The molecule has 4 nitrogen and oxygen atoms in total. The zero-order valence-corrected chi connectivity index (χ0v) is 12.3. The van der Waals surface area contributed by atoms with E-state index in [-0.39, 0.29) is 6.10 Å². The lowest BCUT2D eigenvalue weighted by molar-refractivity contribution is 0.160. The highest BCUT2D eigenvalue weighted by molar-refractivity contribution is 7.15. The van der Waals surface area contributed by atoms with E-state index in [0.717, 1.165) is 54.5 Å². The average Bonchev–Trinajstić information content (AvgIpc) is 2.74. The predicted octanol–water partition coefficient (Wildman–Crippen LogP) is 1.90. The molecule has 0 amide bonds. The zero-order valence-electron chi connectivity index (χ0n) is 11.5. The number of hydrogen-bond acceptors (Lipinski definition) is 5. The Hall–Kier alpha value is -0.650. The zero-order chi connectivity index (χ0) is 13.1. The molecule has 2 rings (SSSR count). The second-order valence-corrected chi connectivity index (χ2v) is 6.30. The Morgan fingerprint density at radius 3 is 2.78 bits per heavy atom. The minimum absolute atomic E-state index is 0.282. The fourth-order valence-electron chi connectivity index (χ4n) is 2.27. The quantitative estimate of drug-likeness (QED) is 0.886. The van der Waals surface area contributed by atoms with Gasteiger partial charge in [0.15, 0.2) is 5.13 Å².